The van der Waals surface area contributed by atoms with Gasteiger partial charge in [-0.15, -0.1) is 0 Å². The largest absolute Gasteiger partial charge is 0.396 e. The topological polar surface area (TPSA) is 108 Å². The van der Waals surface area contributed by atoms with E-state index < -0.39 is 23.5 Å². The number of hydrogen-bond donors (Lipinski definition) is 3. The summed E-state index contributed by atoms with van der Waals surface area (Å²) in [6.45, 7) is 4.85. The number of nitrogens with one attached hydrogen (secondary N) is 2. The Labute approximate surface area is 230 Å². The molecule has 3 amide bonds. The third-order valence-electron chi connectivity index (χ3n) is 8.62. The molecule has 5 atom stereocenters. The number of fused-ring (bicyclic) bond motifs is 1. The first kappa shape index (κ1) is 27.3. The Kier molecular flexibility index (Phi) is 8.05. The Hall–Kier alpha value is -3.23. The van der Waals surface area contributed by atoms with Gasteiger partial charge in [-0.2, -0.15) is 0 Å². The van der Waals surface area contributed by atoms with Gasteiger partial charge in [0, 0.05) is 25.4 Å². The maximum absolute atomic E-state index is 14.0. The maximum Gasteiger partial charge on any atom is 0.250 e. The first-order valence-electron chi connectivity index (χ1n) is 14.1. The molecule has 2 aromatic rings. The van der Waals surface area contributed by atoms with Crippen molar-refractivity contribution in [1.82, 2.24) is 10.2 Å². The Morgan fingerprint density at radius 3 is 2.59 bits per heavy atom. The highest BCUT2D eigenvalue weighted by atomic mass is 16.5. The van der Waals surface area contributed by atoms with Crippen LogP contribution in [0.5, 0.6) is 0 Å². The van der Waals surface area contributed by atoms with Gasteiger partial charge in [-0.25, -0.2) is 0 Å². The SMILES string of the molecule is Cc1ccc(C)c(NC(=O)C2N(CCCCCCO)C(=O)[C@@H]3[C@@H](C(=O)NCc4ccccc4)[C@H]4CCC23O4)c1. The van der Waals surface area contributed by atoms with Crippen LogP contribution in [0.2, 0.25) is 0 Å². The molecule has 2 unspecified atom stereocenters. The minimum atomic E-state index is -1.01. The van der Waals surface area contributed by atoms with Gasteiger partial charge >= 0.3 is 0 Å². The van der Waals surface area contributed by atoms with Crippen LogP contribution in [-0.2, 0) is 25.7 Å². The summed E-state index contributed by atoms with van der Waals surface area (Å²) in [5.74, 6) is -1.92. The lowest BCUT2D eigenvalue weighted by atomic mass is 9.70. The van der Waals surface area contributed by atoms with E-state index >= 15 is 0 Å². The molecule has 0 aromatic heterocycles. The van der Waals surface area contributed by atoms with Crippen LogP contribution in [0.1, 0.15) is 55.2 Å². The summed E-state index contributed by atoms with van der Waals surface area (Å²) in [6, 6.07) is 14.8. The van der Waals surface area contributed by atoms with E-state index in [0.29, 0.717) is 32.4 Å². The van der Waals surface area contributed by atoms with Crippen molar-refractivity contribution in [3.63, 3.8) is 0 Å². The zero-order valence-electron chi connectivity index (χ0n) is 22.8. The van der Waals surface area contributed by atoms with Crippen molar-refractivity contribution in [1.29, 1.82) is 0 Å². The van der Waals surface area contributed by atoms with Crippen molar-refractivity contribution in [2.45, 2.75) is 76.7 Å². The average Bonchev–Trinajstić information content (AvgIpc) is 3.57. The monoisotopic (exact) mass is 533 g/mol. The molecule has 0 aliphatic carbocycles. The number of aryl methyl sites for hydroxylation is 2. The molecule has 3 fully saturated rings. The number of carbonyl (C=O) groups excluding carboxylic acids is 3. The Balaban J connectivity index is 1.40. The summed E-state index contributed by atoms with van der Waals surface area (Å²) in [5.41, 5.74) is 2.67. The molecule has 0 radical (unpaired) electrons. The number of anilines is 1. The maximum atomic E-state index is 14.0. The molecular formula is C31H39N3O5. The van der Waals surface area contributed by atoms with E-state index in [1.807, 2.05) is 62.4 Å². The van der Waals surface area contributed by atoms with Crippen LogP contribution in [0.25, 0.3) is 0 Å². The van der Waals surface area contributed by atoms with Gasteiger partial charge in [0.1, 0.15) is 11.6 Å². The van der Waals surface area contributed by atoms with Crippen LogP contribution in [0.15, 0.2) is 48.5 Å². The standard InChI is InChI=1S/C31H39N3O5/c1-20-12-13-21(2)23(18-20)33-29(37)27-31-15-14-24(39-31)25(28(36)32-19-22-10-6-5-7-11-22)26(31)30(38)34(27)16-8-3-4-9-17-35/h5-7,10-13,18,24-27,35H,3-4,8-9,14-17,19H2,1-2H3,(H,32,36)(H,33,37)/t24-,25+,26+,27?,31?/m1/s1. The minimum absolute atomic E-state index is 0.143. The van der Waals surface area contributed by atoms with Crippen LogP contribution in [0.4, 0.5) is 5.69 Å². The molecule has 8 heteroatoms. The van der Waals surface area contributed by atoms with E-state index in [-0.39, 0.29) is 30.4 Å². The van der Waals surface area contributed by atoms with Gasteiger partial charge in [0.15, 0.2) is 0 Å². The number of unbranched alkanes of at least 4 members (excludes halogenated alkanes) is 3. The zero-order valence-corrected chi connectivity index (χ0v) is 22.8. The predicted molar refractivity (Wildman–Crippen MR) is 148 cm³/mol. The van der Waals surface area contributed by atoms with Crippen molar-refractivity contribution in [3.05, 3.63) is 65.2 Å². The molecule has 5 rings (SSSR count). The number of aliphatic hydroxyl groups excluding tert-OH is 1. The number of benzene rings is 2. The molecule has 3 aliphatic heterocycles. The van der Waals surface area contributed by atoms with E-state index in [2.05, 4.69) is 10.6 Å². The summed E-state index contributed by atoms with van der Waals surface area (Å²) in [7, 11) is 0. The molecule has 39 heavy (non-hydrogen) atoms. The van der Waals surface area contributed by atoms with E-state index in [9.17, 15) is 14.4 Å². The summed E-state index contributed by atoms with van der Waals surface area (Å²) >= 11 is 0. The number of ether oxygens (including phenoxy) is 1. The van der Waals surface area contributed by atoms with Gasteiger partial charge in [-0.1, -0.05) is 55.3 Å². The number of likely N-dealkylation sites (tertiary alicyclic amines) is 1. The molecule has 1 spiro atoms. The lowest BCUT2D eigenvalue weighted by Gasteiger charge is -2.33. The van der Waals surface area contributed by atoms with Crippen LogP contribution < -0.4 is 10.6 Å². The fourth-order valence-corrected chi connectivity index (χ4v) is 6.72. The molecule has 8 nitrogen and oxygen atoms in total. The fourth-order valence-electron chi connectivity index (χ4n) is 6.72. The summed E-state index contributed by atoms with van der Waals surface area (Å²) in [5, 5.41) is 15.2. The van der Waals surface area contributed by atoms with Crippen molar-refractivity contribution >= 4 is 23.4 Å². The second-order valence-corrected chi connectivity index (χ2v) is 11.2. The number of rotatable bonds is 11. The van der Waals surface area contributed by atoms with Crippen LogP contribution in [0.3, 0.4) is 0 Å². The molecule has 208 valence electrons. The van der Waals surface area contributed by atoms with E-state index in [1.165, 1.54) is 0 Å². The summed E-state index contributed by atoms with van der Waals surface area (Å²) in [4.78, 5) is 43.1. The molecule has 0 saturated carbocycles. The molecular weight excluding hydrogens is 494 g/mol. The second-order valence-electron chi connectivity index (χ2n) is 11.2. The fraction of sp³-hybridized carbons (Fsp3) is 0.516. The first-order valence-corrected chi connectivity index (χ1v) is 14.1. The molecule has 3 aliphatic rings. The van der Waals surface area contributed by atoms with Gasteiger partial charge in [0.05, 0.1) is 17.9 Å². The highest BCUT2D eigenvalue weighted by Gasteiger charge is 2.74. The van der Waals surface area contributed by atoms with E-state index in [4.69, 9.17) is 9.84 Å². The molecule has 2 bridgehead atoms. The summed E-state index contributed by atoms with van der Waals surface area (Å²) in [6.07, 6.45) is 3.97. The van der Waals surface area contributed by atoms with E-state index in [1.54, 1.807) is 4.90 Å². The van der Waals surface area contributed by atoms with Gasteiger partial charge in [0.2, 0.25) is 17.7 Å². The Morgan fingerprint density at radius 2 is 1.82 bits per heavy atom. The quantitative estimate of drug-likeness (QED) is 0.384. The van der Waals surface area contributed by atoms with Gasteiger partial charge in [0.25, 0.3) is 0 Å². The van der Waals surface area contributed by atoms with Crippen LogP contribution >= 0.6 is 0 Å². The lowest BCUT2D eigenvalue weighted by molar-refractivity contribution is -0.141. The van der Waals surface area contributed by atoms with Gasteiger partial charge in [-0.05, 0) is 62.3 Å². The number of amides is 3. The highest BCUT2D eigenvalue weighted by molar-refractivity contribution is 6.03. The van der Waals surface area contributed by atoms with Crippen LogP contribution in [-0.4, -0.2) is 58.6 Å². The Bertz CT molecular complexity index is 1220. The number of hydrogen-bond acceptors (Lipinski definition) is 5. The summed E-state index contributed by atoms with van der Waals surface area (Å²) < 4.78 is 6.52. The number of aliphatic hydroxyl groups is 1. The van der Waals surface area contributed by atoms with Gasteiger partial charge in [-0.3, -0.25) is 14.4 Å². The average molecular weight is 534 g/mol. The lowest BCUT2D eigenvalue weighted by Crippen LogP contribution is -2.53. The van der Waals surface area contributed by atoms with Crippen LogP contribution in [0, 0.1) is 25.7 Å². The van der Waals surface area contributed by atoms with Crippen molar-refractivity contribution in [3.8, 4) is 0 Å². The highest BCUT2D eigenvalue weighted by Crippen LogP contribution is 2.58. The molecule has 3 heterocycles. The minimum Gasteiger partial charge on any atom is -0.396 e. The molecule has 3 saturated heterocycles. The number of carbonyl (C=O) groups is 3. The second kappa shape index (κ2) is 11.5. The predicted octanol–water partition coefficient (Wildman–Crippen LogP) is 3.49. The van der Waals surface area contributed by atoms with Crippen molar-refractivity contribution < 1.29 is 24.2 Å². The molecule has 3 N–H and O–H groups in total. The van der Waals surface area contributed by atoms with Crippen molar-refractivity contribution in [2.75, 3.05) is 18.5 Å². The normalized spacial score (nSPS) is 27.1. The van der Waals surface area contributed by atoms with E-state index in [0.717, 1.165) is 41.6 Å². The first-order chi connectivity index (χ1) is 18.9. The number of nitrogens with zero attached hydrogens (tertiary/aromatic N) is 1. The van der Waals surface area contributed by atoms with Gasteiger partial charge < -0.3 is 25.4 Å². The molecule has 2 aromatic carbocycles. The third kappa shape index (κ3) is 5.20. The smallest absolute Gasteiger partial charge is 0.250 e. The van der Waals surface area contributed by atoms with Crippen molar-refractivity contribution in [2.24, 2.45) is 11.8 Å². The zero-order chi connectivity index (χ0) is 27.6. The third-order valence-corrected chi connectivity index (χ3v) is 8.62. The Morgan fingerprint density at radius 1 is 1.05 bits per heavy atom.